The summed E-state index contributed by atoms with van der Waals surface area (Å²) in [5, 5.41) is 11.9. The SMILES string of the molecule is CC(O)(c1cccc(CO[Si](C)(C)C(C)(C)C)c1)c1cnc(-c2cccc(Oc3c(F)cc4[nH]ccc4c3F)c2)[nH]1. The van der Waals surface area contributed by atoms with Gasteiger partial charge in [-0.3, -0.25) is 0 Å². The van der Waals surface area contributed by atoms with Gasteiger partial charge in [-0.1, -0.05) is 57.2 Å². The number of H-pyrrole nitrogens is 2. The average Bonchev–Trinajstić information content (AvgIpc) is 3.60. The van der Waals surface area contributed by atoms with Gasteiger partial charge < -0.3 is 24.2 Å². The Morgan fingerprint density at radius 1 is 0.976 bits per heavy atom. The van der Waals surface area contributed by atoms with Crippen LogP contribution in [0.5, 0.6) is 11.5 Å². The van der Waals surface area contributed by atoms with Crippen molar-refractivity contribution >= 4 is 19.2 Å². The lowest BCUT2D eigenvalue weighted by molar-refractivity contribution is 0.0977. The summed E-state index contributed by atoms with van der Waals surface area (Å²) in [5.41, 5.74) is 1.80. The smallest absolute Gasteiger partial charge is 0.199 e. The van der Waals surface area contributed by atoms with E-state index in [2.05, 4.69) is 48.8 Å². The number of aromatic amines is 2. The lowest BCUT2D eigenvalue weighted by Crippen LogP contribution is -2.40. The van der Waals surface area contributed by atoms with Crippen molar-refractivity contribution in [2.24, 2.45) is 0 Å². The van der Waals surface area contributed by atoms with Gasteiger partial charge in [0.15, 0.2) is 25.7 Å². The molecule has 1 atom stereocenters. The molecule has 5 rings (SSSR count). The normalized spacial score (nSPS) is 13.9. The molecule has 0 amide bonds. The number of halogens is 2. The first kappa shape index (κ1) is 28.7. The summed E-state index contributed by atoms with van der Waals surface area (Å²) in [4.78, 5) is 10.5. The number of benzene rings is 3. The van der Waals surface area contributed by atoms with Gasteiger partial charge >= 0.3 is 0 Å². The number of imidazole rings is 1. The van der Waals surface area contributed by atoms with Crippen LogP contribution in [0.1, 0.15) is 44.5 Å². The van der Waals surface area contributed by atoms with Crippen molar-refractivity contribution in [2.75, 3.05) is 0 Å². The topological polar surface area (TPSA) is 83.2 Å². The quantitative estimate of drug-likeness (QED) is 0.162. The molecule has 0 saturated carbocycles. The van der Waals surface area contributed by atoms with E-state index in [4.69, 9.17) is 9.16 Å². The molecule has 0 bridgehead atoms. The van der Waals surface area contributed by atoms with Crippen LogP contribution < -0.4 is 4.74 Å². The standard InChI is InChI=1S/C32H35F2N3O3Si/c1-31(2,3)41(5,6)39-19-20-9-7-11-22(15-20)32(4,38)27-18-36-30(37-27)21-10-8-12-23(16-21)40-29-25(33)17-26-24(28(29)34)13-14-35-26/h7-18,35,38H,19H2,1-6H3,(H,36,37). The minimum absolute atomic E-state index is 0.100. The summed E-state index contributed by atoms with van der Waals surface area (Å²) in [6, 6.07) is 17.2. The Morgan fingerprint density at radius 2 is 1.73 bits per heavy atom. The van der Waals surface area contributed by atoms with Gasteiger partial charge in [0, 0.05) is 23.2 Å². The fourth-order valence-corrected chi connectivity index (χ4v) is 5.31. The van der Waals surface area contributed by atoms with E-state index in [-0.39, 0.29) is 16.2 Å². The number of rotatable bonds is 8. The fourth-order valence-electron chi connectivity index (χ4n) is 4.35. The molecule has 0 fully saturated rings. The zero-order chi connectivity index (χ0) is 29.6. The summed E-state index contributed by atoms with van der Waals surface area (Å²) in [6.45, 7) is 13.2. The Kier molecular flexibility index (Phi) is 7.40. The van der Waals surface area contributed by atoms with Crippen LogP contribution in [-0.4, -0.2) is 28.4 Å². The maximum atomic E-state index is 14.9. The van der Waals surface area contributed by atoms with Gasteiger partial charge in [0.25, 0.3) is 0 Å². The van der Waals surface area contributed by atoms with E-state index in [9.17, 15) is 13.9 Å². The van der Waals surface area contributed by atoms with Crippen LogP contribution in [0.15, 0.2) is 73.1 Å². The van der Waals surface area contributed by atoms with Gasteiger partial charge in [-0.15, -0.1) is 0 Å². The zero-order valence-corrected chi connectivity index (χ0v) is 25.1. The molecular formula is C32H35F2N3O3Si. The maximum absolute atomic E-state index is 14.9. The molecule has 0 aliphatic heterocycles. The Morgan fingerprint density at radius 3 is 2.49 bits per heavy atom. The number of aliphatic hydroxyl groups is 1. The third-order valence-electron chi connectivity index (χ3n) is 8.03. The second kappa shape index (κ2) is 10.6. The molecule has 0 aliphatic rings. The molecule has 3 aromatic carbocycles. The van der Waals surface area contributed by atoms with E-state index in [1.807, 2.05) is 24.3 Å². The number of hydrogen-bond acceptors (Lipinski definition) is 4. The molecule has 41 heavy (non-hydrogen) atoms. The fraction of sp³-hybridized carbons (Fsp3) is 0.281. The van der Waals surface area contributed by atoms with Crippen molar-refractivity contribution in [1.82, 2.24) is 15.0 Å². The van der Waals surface area contributed by atoms with E-state index >= 15 is 0 Å². The van der Waals surface area contributed by atoms with Crippen LogP contribution in [0.3, 0.4) is 0 Å². The van der Waals surface area contributed by atoms with Gasteiger partial charge in [-0.2, -0.15) is 0 Å². The number of fused-ring (bicyclic) bond motifs is 1. The van der Waals surface area contributed by atoms with Crippen molar-refractivity contribution in [3.05, 3.63) is 102 Å². The van der Waals surface area contributed by atoms with E-state index in [1.165, 1.54) is 12.1 Å². The second-order valence-electron chi connectivity index (χ2n) is 12.0. The van der Waals surface area contributed by atoms with Crippen LogP contribution in [0, 0.1) is 11.6 Å². The summed E-state index contributed by atoms with van der Waals surface area (Å²) in [5.74, 6) is -1.34. The van der Waals surface area contributed by atoms with Crippen molar-refractivity contribution in [2.45, 2.75) is 58.0 Å². The largest absolute Gasteiger partial charge is 0.451 e. The first-order valence-electron chi connectivity index (χ1n) is 13.5. The van der Waals surface area contributed by atoms with Crippen LogP contribution in [0.25, 0.3) is 22.3 Å². The average molecular weight is 576 g/mol. The third-order valence-corrected chi connectivity index (χ3v) is 12.5. The highest BCUT2D eigenvalue weighted by Gasteiger charge is 2.37. The predicted molar refractivity (Wildman–Crippen MR) is 159 cm³/mol. The van der Waals surface area contributed by atoms with E-state index in [0.717, 1.165) is 5.56 Å². The molecular weight excluding hydrogens is 540 g/mol. The van der Waals surface area contributed by atoms with Crippen molar-refractivity contribution < 1.29 is 23.1 Å². The summed E-state index contributed by atoms with van der Waals surface area (Å²) < 4.78 is 41.5. The zero-order valence-electron chi connectivity index (χ0n) is 24.1. The first-order valence-corrected chi connectivity index (χ1v) is 16.4. The van der Waals surface area contributed by atoms with E-state index < -0.39 is 31.3 Å². The molecule has 214 valence electrons. The Labute approximate surface area is 239 Å². The highest BCUT2D eigenvalue weighted by Crippen LogP contribution is 2.38. The molecule has 2 heterocycles. The Balaban J connectivity index is 1.36. The minimum atomic E-state index is -1.93. The molecule has 1 unspecified atom stereocenters. The van der Waals surface area contributed by atoms with Gasteiger partial charge in [-0.05, 0) is 54.4 Å². The van der Waals surface area contributed by atoms with Crippen molar-refractivity contribution in [3.8, 4) is 22.9 Å². The van der Waals surface area contributed by atoms with Crippen LogP contribution in [-0.2, 0) is 16.6 Å². The predicted octanol–water partition coefficient (Wildman–Crippen LogP) is 8.41. The van der Waals surface area contributed by atoms with E-state index in [0.29, 0.717) is 34.8 Å². The van der Waals surface area contributed by atoms with Crippen molar-refractivity contribution in [1.29, 1.82) is 0 Å². The number of ether oxygens (including phenoxy) is 1. The van der Waals surface area contributed by atoms with Gasteiger partial charge in [0.05, 0.1) is 24.0 Å². The van der Waals surface area contributed by atoms with Gasteiger partial charge in [-0.25, -0.2) is 13.8 Å². The monoisotopic (exact) mass is 575 g/mol. The van der Waals surface area contributed by atoms with Gasteiger partial charge in [0.1, 0.15) is 17.2 Å². The molecule has 5 aromatic rings. The Hall–Kier alpha value is -3.79. The maximum Gasteiger partial charge on any atom is 0.199 e. The summed E-state index contributed by atoms with van der Waals surface area (Å²) >= 11 is 0. The summed E-state index contributed by atoms with van der Waals surface area (Å²) in [6.07, 6.45) is 3.13. The highest BCUT2D eigenvalue weighted by atomic mass is 28.4. The first-order chi connectivity index (χ1) is 19.3. The van der Waals surface area contributed by atoms with Gasteiger partial charge in [0.2, 0.25) is 0 Å². The van der Waals surface area contributed by atoms with Crippen LogP contribution >= 0.6 is 0 Å². The van der Waals surface area contributed by atoms with Crippen LogP contribution in [0.2, 0.25) is 18.1 Å². The lowest BCUT2D eigenvalue weighted by atomic mass is 9.92. The third kappa shape index (κ3) is 5.70. The second-order valence-corrected chi connectivity index (χ2v) is 16.8. The van der Waals surface area contributed by atoms with Crippen LogP contribution in [0.4, 0.5) is 8.78 Å². The number of aromatic nitrogens is 3. The molecule has 0 saturated heterocycles. The molecule has 9 heteroatoms. The number of hydrogen-bond donors (Lipinski definition) is 3. The number of nitrogens with one attached hydrogen (secondary N) is 2. The van der Waals surface area contributed by atoms with E-state index in [1.54, 1.807) is 43.6 Å². The molecule has 3 N–H and O–H groups in total. The molecule has 6 nitrogen and oxygen atoms in total. The molecule has 0 radical (unpaired) electrons. The summed E-state index contributed by atoms with van der Waals surface area (Å²) in [7, 11) is -1.93. The van der Waals surface area contributed by atoms with Crippen molar-refractivity contribution in [3.63, 3.8) is 0 Å². The molecule has 2 aromatic heterocycles. The Bertz CT molecular complexity index is 1700. The minimum Gasteiger partial charge on any atom is -0.451 e. The molecule has 0 aliphatic carbocycles. The number of nitrogens with zero attached hydrogens (tertiary/aromatic N) is 1. The lowest BCUT2D eigenvalue weighted by Gasteiger charge is -2.36. The highest BCUT2D eigenvalue weighted by molar-refractivity contribution is 6.74. The molecule has 0 spiro atoms.